The average molecular weight is 435 g/mol. The quantitative estimate of drug-likeness (QED) is 0.566. The fourth-order valence-corrected chi connectivity index (χ4v) is 3.24. The van der Waals surface area contributed by atoms with Crippen molar-refractivity contribution < 1.29 is 23.9 Å². The zero-order valence-electron chi connectivity index (χ0n) is 15.5. The Bertz CT molecular complexity index is 1040. The Labute approximate surface area is 176 Å². The van der Waals surface area contributed by atoms with Crippen LogP contribution in [0.25, 0.3) is 6.08 Å². The van der Waals surface area contributed by atoms with Gasteiger partial charge in [-0.2, -0.15) is 0 Å². The number of amides is 4. The van der Waals surface area contributed by atoms with Crippen molar-refractivity contribution in [2.45, 2.75) is 6.92 Å². The van der Waals surface area contributed by atoms with Gasteiger partial charge in [-0.1, -0.05) is 29.3 Å². The molecular formula is C20H16Cl2N2O5. The number of carbonyl (C=O) groups is 3. The van der Waals surface area contributed by atoms with Crippen molar-refractivity contribution in [1.82, 2.24) is 5.32 Å². The van der Waals surface area contributed by atoms with Gasteiger partial charge < -0.3 is 9.47 Å². The van der Waals surface area contributed by atoms with Crippen LogP contribution in [0.3, 0.4) is 0 Å². The molecule has 0 aliphatic carbocycles. The monoisotopic (exact) mass is 434 g/mol. The topological polar surface area (TPSA) is 84.9 Å². The Balaban J connectivity index is 2.04. The molecule has 1 heterocycles. The minimum Gasteiger partial charge on any atom is -0.493 e. The third kappa shape index (κ3) is 4.21. The second kappa shape index (κ2) is 8.55. The third-order valence-electron chi connectivity index (χ3n) is 4.02. The summed E-state index contributed by atoms with van der Waals surface area (Å²) in [6.45, 7) is 2.19. The summed E-state index contributed by atoms with van der Waals surface area (Å²) >= 11 is 12.2. The first-order valence-electron chi connectivity index (χ1n) is 8.53. The van der Waals surface area contributed by atoms with Gasteiger partial charge in [0.15, 0.2) is 11.5 Å². The van der Waals surface area contributed by atoms with Crippen molar-refractivity contribution in [3.63, 3.8) is 0 Å². The molecule has 0 aromatic heterocycles. The molecule has 7 nitrogen and oxygen atoms in total. The Morgan fingerprint density at radius 2 is 1.90 bits per heavy atom. The highest BCUT2D eigenvalue weighted by molar-refractivity contribution is 6.39. The van der Waals surface area contributed by atoms with E-state index in [0.717, 1.165) is 4.90 Å². The van der Waals surface area contributed by atoms with E-state index in [1.54, 1.807) is 25.1 Å². The number of methoxy groups -OCH3 is 1. The molecule has 3 rings (SSSR count). The number of nitrogens with zero attached hydrogens (tertiary/aromatic N) is 1. The third-order valence-corrected chi connectivity index (χ3v) is 4.54. The smallest absolute Gasteiger partial charge is 0.335 e. The normalized spacial score (nSPS) is 15.5. The first-order chi connectivity index (χ1) is 13.8. The highest BCUT2D eigenvalue weighted by atomic mass is 35.5. The highest BCUT2D eigenvalue weighted by Crippen LogP contribution is 2.37. The standard InChI is InChI=1S/C20H16Cl2N2O5/c1-3-29-17-15(22)8-11(9-16(17)28-2)7-14-18(25)23-20(27)24(19(14)26)13-6-4-5-12(21)10-13/h4-10H,3H2,1-2H3,(H,23,25,27)/b14-7+. The van der Waals surface area contributed by atoms with E-state index in [-0.39, 0.29) is 16.3 Å². The van der Waals surface area contributed by atoms with E-state index >= 15 is 0 Å². The zero-order chi connectivity index (χ0) is 21.1. The molecule has 0 radical (unpaired) electrons. The minimum atomic E-state index is -0.860. The summed E-state index contributed by atoms with van der Waals surface area (Å²) in [5.74, 6) is -0.904. The van der Waals surface area contributed by atoms with Crippen LogP contribution in [-0.4, -0.2) is 31.6 Å². The van der Waals surface area contributed by atoms with Crippen molar-refractivity contribution in [1.29, 1.82) is 0 Å². The number of benzene rings is 2. The van der Waals surface area contributed by atoms with Gasteiger partial charge in [0.1, 0.15) is 5.57 Å². The van der Waals surface area contributed by atoms with E-state index < -0.39 is 17.8 Å². The molecule has 2 aromatic rings. The molecule has 9 heteroatoms. The van der Waals surface area contributed by atoms with Gasteiger partial charge in [-0.3, -0.25) is 14.9 Å². The van der Waals surface area contributed by atoms with E-state index in [1.165, 1.54) is 31.4 Å². The van der Waals surface area contributed by atoms with Crippen LogP contribution in [0.5, 0.6) is 11.5 Å². The molecule has 0 bridgehead atoms. The minimum absolute atomic E-state index is 0.237. The molecule has 150 valence electrons. The Morgan fingerprint density at radius 3 is 2.55 bits per heavy atom. The molecule has 0 saturated carbocycles. The lowest BCUT2D eigenvalue weighted by Gasteiger charge is -2.26. The van der Waals surface area contributed by atoms with Gasteiger partial charge in [-0.15, -0.1) is 0 Å². The second-order valence-corrected chi connectivity index (χ2v) is 6.75. The summed E-state index contributed by atoms with van der Waals surface area (Å²) in [6, 6.07) is 8.42. The summed E-state index contributed by atoms with van der Waals surface area (Å²) in [4.78, 5) is 38.3. The molecular weight excluding hydrogens is 419 g/mol. The fourth-order valence-electron chi connectivity index (χ4n) is 2.78. The molecule has 1 N–H and O–H groups in total. The van der Waals surface area contributed by atoms with Crippen LogP contribution in [0.15, 0.2) is 42.0 Å². The first-order valence-corrected chi connectivity index (χ1v) is 9.28. The molecule has 1 saturated heterocycles. The molecule has 1 aliphatic rings. The van der Waals surface area contributed by atoms with Crippen molar-refractivity contribution in [3.8, 4) is 11.5 Å². The lowest BCUT2D eigenvalue weighted by atomic mass is 10.1. The number of halogens is 2. The van der Waals surface area contributed by atoms with Crippen LogP contribution in [0.2, 0.25) is 10.0 Å². The summed E-state index contributed by atoms with van der Waals surface area (Å²) in [6.07, 6.45) is 1.33. The number of carbonyl (C=O) groups excluding carboxylic acids is 3. The van der Waals surface area contributed by atoms with Gasteiger partial charge in [0.2, 0.25) is 0 Å². The van der Waals surface area contributed by atoms with Crippen LogP contribution in [0, 0.1) is 0 Å². The van der Waals surface area contributed by atoms with Gasteiger partial charge in [0.25, 0.3) is 11.8 Å². The molecule has 0 spiro atoms. The van der Waals surface area contributed by atoms with Gasteiger partial charge >= 0.3 is 6.03 Å². The Morgan fingerprint density at radius 1 is 1.14 bits per heavy atom. The Hall–Kier alpha value is -3.03. The molecule has 2 aromatic carbocycles. The van der Waals surface area contributed by atoms with Gasteiger partial charge in [0, 0.05) is 5.02 Å². The molecule has 4 amide bonds. The lowest BCUT2D eigenvalue weighted by Crippen LogP contribution is -2.54. The number of hydrogen-bond donors (Lipinski definition) is 1. The summed E-state index contributed by atoms with van der Waals surface area (Å²) < 4.78 is 10.7. The SMILES string of the molecule is CCOc1c(Cl)cc(/C=C2\C(=O)NC(=O)N(c3cccc(Cl)c3)C2=O)cc1OC. The fraction of sp³-hybridized carbons (Fsp3) is 0.150. The van der Waals surface area contributed by atoms with E-state index in [4.69, 9.17) is 32.7 Å². The summed E-state index contributed by atoms with van der Waals surface area (Å²) in [5, 5.41) is 2.75. The average Bonchev–Trinajstić information content (AvgIpc) is 2.67. The number of urea groups is 1. The van der Waals surface area contributed by atoms with Gasteiger partial charge in [-0.05, 0) is 48.9 Å². The highest BCUT2D eigenvalue weighted by Gasteiger charge is 2.37. The number of nitrogens with one attached hydrogen (secondary N) is 1. The van der Waals surface area contributed by atoms with Crippen LogP contribution >= 0.6 is 23.2 Å². The first kappa shape index (κ1) is 20.7. The van der Waals surface area contributed by atoms with Crippen molar-refractivity contribution in [2.75, 3.05) is 18.6 Å². The predicted octanol–water partition coefficient (Wildman–Crippen LogP) is 4.07. The Kier molecular flexibility index (Phi) is 6.10. The zero-order valence-corrected chi connectivity index (χ0v) is 17.0. The van der Waals surface area contributed by atoms with Gasteiger partial charge in [0.05, 0.1) is 24.4 Å². The van der Waals surface area contributed by atoms with Crippen molar-refractivity contribution in [3.05, 3.63) is 57.6 Å². The number of barbiturate groups is 1. The van der Waals surface area contributed by atoms with E-state index in [1.807, 2.05) is 0 Å². The van der Waals surface area contributed by atoms with Crippen LogP contribution in [0.1, 0.15) is 12.5 Å². The van der Waals surface area contributed by atoms with Crippen LogP contribution in [-0.2, 0) is 9.59 Å². The van der Waals surface area contributed by atoms with E-state index in [2.05, 4.69) is 5.32 Å². The number of rotatable bonds is 5. The lowest BCUT2D eigenvalue weighted by molar-refractivity contribution is -0.122. The molecule has 1 aliphatic heterocycles. The molecule has 29 heavy (non-hydrogen) atoms. The van der Waals surface area contributed by atoms with Crippen LogP contribution < -0.4 is 19.7 Å². The number of ether oxygens (including phenoxy) is 2. The van der Waals surface area contributed by atoms with Crippen LogP contribution in [0.4, 0.5) is 10.5 Å². The van der Waals surface area contributed by atoms with Crippen molar-refractivity contribution >= 4 is 52.8 Å². The summed E-state index contributed by atoms with van der Waals surface area (Å²) in [7, 11) is 1.45. The number of anilines is 1. The maximum absolute atomic E-state index is 12.9. The largest absolute Gasteiger partial charge is 0.493 e. The van der Waals surface area contributed by atoms with Gasteiger partial charge in [-0.25, -0.2) is 9.69 Å². The number of hydrogen-bond acceptors (Lipinski definition) is 5. The van der Waals surface area contributed by atoms with E-state index in [9.17, 15) is 14.4 Å². The predicted molar refractivity (Wildman–Crippen MR) is 110 cm³/mol. The second-order valence-electron chi connectivity index (χ2n) is 5.90. The molecule has 1 fully saturated rings. The maximum Gasteiger partial charge on any atom is 0.335 e. The summed E-state index contributed by atoms with van der Waals surface area (Å²) in [5.41, 5.74) is 0.418. The number of imide groups is 2. The van der Waals surface area contributed by atoms with Crippen molar-refractivity contribution in [2.24, 2.45) is 0 Å². The van der Waals surface area contributed by atoms with E-state index in [0.29, 0.717) is 28.7 Å². The molecule has 0 atom stereocenters. The maximum atomic E-state index is 12.9. The molecule has 0 unspecified atom stereocenters.